The first-order chi connectivity index (χ1) is 31.7. The van der Waals surface area contributed by atoms with Gasteiger partial charge in [0.25, 0.3) is 0 Å². The van der Waals surface area contributed by atoms with Crippen LogP contribution in [0, 0.1) is 0 Å². The molecule has 0 fully saturated rings. The van der Waals surface area contributed by atoms with Gasteiger partial charge in [0.1, 0.15) is 0 Å². The van der Waals surface area contributed by atoms with Gasteiger partial charge in [-0.3, -0.25) is 4.79 Å². The van der Waals surface area contributed by atoms with Crippen LogP contribution in [-0.4, -0.2) is 34.9 Å². The number of hydrogen-bond acceptors (Lipinski definition) is 3. The largest absolute Gasteiger partial charge is 0.394 e. The molecule has 3 N–H and O–H groups in total. The Morgan fingerprint density at radius 3 is 1.00 bits per heavy atom. The van der Waals surface area contributed by atoms with Crippen molar-refractivity contribution >= 4 is 5.91 Å². The highest BCUT2D eigenvalue weighted by Crippen LogP contribution is 2.16. The minimum absolute atomic E-state index is 0.0762. The maximum atomic E-state index is 12.5. The summed E-state index contributed by atoms with van der Waals surface area (Å²) in [6, 6.07) is -0.648. The minimum Gasteiger partial charge on any atom is -0.394 e. The lowest BCUT2D eigenvalue weighted by atomic mass is 10.0. The number of carbonyl (C=O) groups excluding carboxylic acids is 1. The molecule has 374 valence electrons. The first kappa shape index (κ1) is 62.1. The van der Waals surface area contributed by atoms with Crippen LogP contribution in [0.4, 0.5) is 0 Å². The SMILES string of the molecule is CCCCCCCCCCC/C=C\C/C=C\CCCCCCCCCCCCCCCCCC(=O)NC(CO)C(O)/C=C/CC/C=C/CC/C=C/CCCCCCCCCCCCC. The Labute approximate surface area is 400 Å². The van der Waals surface area contributed by atoms with E-state index in [4.69, 9.17) is 0 Å². The predicted molar refractivity (Wildman–Crippen MR) is 285 cm³/mol. The van der Waals surface area contributed by atoms with E-state index in [-0.39, 0.29) is 12.5 Å². The molecule has 2 unspecified atom stereocenters. The summed E-state index contributed by atoms with van der Waals surface area (Å²) in [6.07, 6.45) is 78.1. The Balaban J connectivity index is 3.54. The molecule has 0 spiro atoms. The van der Waals surface area contributed by atoms with Gasteiger partial charge in [0.2, 0.25) is 5.91 Å². The lowest BCUT2D eigenvalue weighted by molar-refractivity contribution is -0.123. The first-order valence-electron chi connectivity index (χ1n) is 28.5. The summed E-state index contributed by atoms with van der Waals surface area (Å²) in [5.74, 6) is -0.0762. The van der Waals surface area contributed by atoms with Crippen LogP contribution in [0.3, 0.4) is 0 Å². The van der Waals surface area contributed by atoms with Crippen molar-refractivity contribution in [2.75, 3.05) is 6.61 Å². The molecule has 0 aliphatic rings. The van der Waals surface area contributed by atoms with E-state index in [1.807, 2.05) is 6.08 Å². The second kappa shape index (κ2) is 55.4. The van der Waals surface area contributed by atoms with Crippen molar-refractivity contribution < 1.29 is 15.0 Å². The monoisotopic (exact) mass is 894 g/mol. The first-order valence-corrected chi connectivity index (χ1v) is 28.5. The fourth-order valence-electron chi connectivity index (χ4n) is 8.60. The standard InChI is InChI=1S/C60H111NO3/c1-3-5-7-9-11-13-15-17-19-21-23-25-26-27-28-29-30-31-32-33-34-36-38-40-42-44-46-48-50-52-54-56-60(64)61-58(57-62)59(63)55-53-51-49-47-45-43-41-39-37-35-24-22-20-18-16-14-12-10-8-6-4-2/h23,25,27-28,37,39,45,47,53,55,58-59,62-63H,3-22,24,26,29-36,38,40-44,46,48-52,54,56-57H2,1-2H3,(H,61,64)/b25-23-,28-27-,39-37+,47-45+,55-53+. The molecule has 0 aromatic rings. The molecule has 0 aromatic carbocycles. The molecule has 0 saturated carbocycles. The average molecular weight is 895 g/mol. The number of aliphatic hydroxyl groups excluding tert-OH is 2. The Bertz CT molecular complexity index is 1060. The van der Waals surface area contributed by atoms with Crippen LogP contribution in [-0.2, 0) is 4.79 Å². The van der Waals surface area contributed by atoms with Gasteiger partial charge in [0, 0.05) is 6.42 Å². The molecule has 0 radical (unpaired) electrons. The van der Waals surface area contributed by atoms with Crippen molar-refractivity contribution in [3.05, 3.63) is 60.8 Å². The third-order valence-corrected chi connectivity index (χ3v) is 13.0. The van der Waals surface area contributed by atoms with Crippen LogP contribution in [0.25, 0.3) is 0 Å². The maximum Gasteiger partial charge on any atom is 0.220 e. The quantitative estimate of drug-likeness (QED) is 0.0421. The van der Waals surface area contributed by atoms with E-state index in [0.717, 1.165) is 44.9 Å². The summed E-state index contributed by atoms with van der Waals surface area (Å²) in [5, 5.41) is 23.1. The molecule has 4 nitrogen and oxygen atoms in total. The molecule has 64 heavy (non-hydrogen) atoms. The lowest BCUT2D eigenvalue weighted by Gasteiger charge is -2.19. The molecule has 2 atom stereocenters. The molecule has 1 amide bonds. The smallest absolute Gasteiger partial charge is 0.220 e. The van der Waals surface area contributed by atoms with Crippen LogP contribution in [0.5, 0.6) is 0 Å². The number of unbranched alkanes of at least 4 members (excludes halogenated alkanes) is 37. The number of nitrogens with one attached hydrogen (secondary N) is 1. The van der Waals surface area contributed by atoms with Crippen molar-refractivity contribution in [1.82, 2.24) is 5.32 Å². The molecule has 0 heterocycles. The lowest BCUT2D eigenvalue weighted by Crippen LogP contribution is -2.45. The summed E-state index contributed by atoms with van der Waals surface area (Å²) < 4.78 is 0. The molecule has 0 aromatic heterocycles. The number of rotatable bonds is 52. The van der Waals surface area contributed by atoms with E-state index in [0.29, 0.717) is 6.42 Å². The predicted octanol–water partition coefficient (Wildman–Crippen LogP) is 18.8. The van der Waals surface area contributed by atoms with E-state index in [2.05, 4.69) is 67.8 Å². The fraction of sp³-hybridized carbons (Fsp3) is 0.817. The van der Waals surface area contributed by atoms with Crippen molar-refractivity contribution in [2.24, 2.45) is 0 Å². The van der Waals surface area contributed by atoms with Gasteiger partial charge < -0.3 is 15.5 Å². The molecule has 0 aliphatic heterocycles. The van der Waals surface area contributed by atoms with Crippen LogP contribution in [0.15, 0.2) is 60.8 Å². The van der Waals surface area contributed by atoms with Crippen LogP contribution < -0.4 is 5.32 Å². The van der Waals surface area contributed by atoms with Crippen LogP contribution in [0.1, 0.15) is 296 Å². The third-order valence-electron chi connectivity index (χ3n) is 13.0. The van der Waals surface area contributed by atoms with Crippen LogP contribution >= 0.6 is 0 Å². The Morgan fingerprint density at radius 2 is 0.656 bits per heavy atom. The Morgan fingerprint density at radius 1 is 0.375 bits per heavy atom. The highest BCUT2D eigenvalue weighted by Gasteiger charge is 2.18. The number of amides is 1. The number of aliphatic hydroxyl groups is 2. The van der Waals surface area contributed by atoms with Gasteiger partial charge in [0.15, 0.2) is 0 Å². The van der Waals surface area contributed by atoms with E-state index >= 15 is 0 Å². The van der Waals surface area contributed by atoms with Crippen molar-refractivity contribution in [1.29, 1.82) is 0 Å². The van der Waals surface area contributed by atoms with Gasteiger partial charge >= 0.3 is 0 Å². The molecular weight excluding hydrogens is 783 g/mol. The summed E-state index contributed by atoms with van der Waals surface area (Å²) in [5.41, 5.74) is 0. The normalized spacial score (nSPS) is 13.2. The maximum absolute atomic E-state index is 12.5. The van der Waals surface area contributed by atoms with Gasteiger partial charge in [-0.1, -0.05) is 274 Å². The second-order valence-corrected chi connectivity index (χ2v) is 19.3. The van der Waals surface area contributed by atoms with Gasteiger partial charge in [-0.15, -0.1) is 0 Å². The summed E-state index contributed by atoms with van der Waals surface area (Å²) in [7, 11) is 0. The average Bonchev–Trinajstić information content (AvgIpc) is 3.30. The second-order valence-electron chi connectivity index (χ2n) is 19.3. The molecule has 0 saturated heterocycles. The molecular formula is C60H111NO3. The summed E-state index contributed by atoms with van der Waals surface area (Å²) in [4.78, 5) is 12.5. The third kappa shape index (κ3) is 51.1. The van der Waals surface area contributed by atoms with Gasteiger partial charge in [-0.25, -0.2) is 0 Å². The Hall–Kier alpha value is -1.91. The van der Waals surface area contributed by atoms with Crippen LogP contribution in [0.2, 0.25) is 0 Å². The molecule has 0 aliphatic carbocycles. The zero-order chi connectivity index (χ0) is 46.3. The fourth-order valence-corrected chi connectivity index (χ4v) is 8.60. The number of hydrogen-bond donors (Lipinski definition) is 3. The zero-order valence-corrected chi connectivity index (χ0v) is 43.1. The van der Waals surface area contributed by atoms with Gasteiger partial charge in [0.05, 0.1) is 18.8 Å². The van der Waals surface area contributed by atoms with Gasteiger partial charge in [-0.2, -0.15) is 0 Å². The zero-order valence-electron chi connectivity index (χ0n) is 43.1. The topological polar surface area (TPSA) is 69.6 Å². The molecule has 0 rings (SSSR count). The highest BCUT2D eigenvalue weighted by atomic mass is 16.3. The molecule has 0 bridgehead atoms. The van der Waals surface area contributed by atoms with Crippen molar-refractivity contribution in [3.63, 3.8) is 0 Å². The Kier molecular flexibility index (Phi) is 53.8. The number of allylic oxidation sites excluding steroid dienone is 9. The molecule has 4 heteroatoms. The van der Waals surface area contributed by atoms with Crippen molar-refractivity contribution in [3.8, 4) is 0 Å². The highest BCUT2D eigenvalue weighted by molar-refractivity contribution is 5.76. The summed E-state index contributed by atoms with van der Waals surface area (Å²) >= 11 is 0. The van der Waals surface area contributed by atoms with E-state index in [1.165, 1.54) is 231 Å². The van der Waals surface area contributed by atoms with E-state index in [1.54, 1.807) is 6.08 Å². The van der Waals surface area contributed by atoms with E-state index in [9.17, 15) is 15.0 Å². The summed E-state index contributed by atoms with van der Waals surface area (Å²) in [6.45, 7) is 4.31. The van der Waals surface area contributed by atoms with Crippen molar-refractivity contribution in [2.45, 2.75) is 309 Å². The van der Waals surface area contributed by atoms with Gasteiger partial charge in [-0.05, 0) is 77.0 Å². The minimum atomic E-state index is -0.872. The van der Waals surface area contributed by atoms with E-state index < -0.39 is 12.1 Å². The number of carbonyl (C=O) groups is 1.